The molecule has 0 bridgehead atoms. The van der Waals surface area contributed by atoms with Crippen LogP contribution in [0.25, 0.3) is 22.3 Å². The maximum atomic E-state index is 13.6. The van der Waals surface area contributed by atoms with Crippen LogP contribution in [0, 0.1) is 11.6 Å². The molecule has 2 aromatic carbocycles. The third-order valence-electron chi connectivity index (χ3n) is 6.49. The zero-order chi connectivity index (χ0) is 28.6. The van der Waals surface area contributed by atoms with E-state index in [1.54, 1.807) is 33.8 Å². The molecule has 1 aliphatic heterocycles. The Bertz CT molecular complexity index is 1600. The van der Waals surface area contributed by atoms with Crippen molar-refractivity contribution < 1.29 is 23.1 Å². The number of carbonyl (C=O) groups excluding carboxylic acids is 2. The minimum Gasteiger partial charge on any atom is -0.444 e. The predicted octanol–water partition coefficient (Wildman–Crippen LogP) is 5.18. The molecule has 10 nitrogen and oxygen atoms in total. The van der Waals surface area contributed by atoms with Crippen molar-refractivity contribution in [3.8, 4) is 11.3 Å². The van der Waals surface area contributed by atoms with Gasteiger partial charge in [0, 0.05) is 36.0 Å². The van der Waals surface area contributed by atoms with Gasteiger partial charge < -0.3 is 20.7 Å². The van der Waals surface area contributed by atoms with E-state index in [0.29, 0.717) is 35.4 Å². The van der Waals surface area contributed by atoms with Gasteiger partial charge in [-0.3, -0.25) is 4.79 Å². The molecule has 0 saturated carbocycles. The number of fused-ring (bicyclic) bond motifs is 1. The molecule has 5 rings (SSSR count). The number of nitrogens with two attached hydrogens (primary N) is 1. The van der Waals surface area contributed by atoms with Crippen molar-refractivity contribution in [2.75, 3.05) is 24.1 Å². The van der Waals surface area contributed by atoms with Crippen LogP contribution in [0.4, 0.5) is 25.1 Å². The van der Waals surface area contributed by atoms with E-state index in [1.807, 2.05) is 20.8 Å². The van der Waals surface area contributed by atoms with Crippen LogP contribution in [0.5, 0.6) is 0 Å². The van der Waals surface area contributed by atoms with Crippen LogP contribution in [0.15, 0.2) is 48.8 Å². The molecule has 1 saturated heterocycles. The Hall–Kier alpha value is -4.61. The third-order valence-corrected chi connectivity index (χ3v) is 6.49. The summed E-state index contributed by atoms with van der Waals surface area (Å²) < 4.78 is 34.2. The normalized spacial score (nSPS) is 15.7. The highest BCUT2D eigenvalue weighted by Gasteiger charge is 2.31. The number of rotatable bonds is 4. The molecule has 1 fully saturated rings. The van der Waals surface area contributed by atoms with Gasteiger partial charge in [-0.1, -0.05) is 12.1 Å². The number of nitrogens with zero attached hydrogens (tertiary/aromatic N) is 5. The van der Waals surface area contributed by atoms with Crippen molar-refractivity contribution in [1.29, 1.82) is 0 Å². The van der Waals surface area contributed by atoms with Crippen LogP contribution in [0.1, 0.15) is 50.0 Å². The number of ether oxygens (including phenoxy) is 1. The number of hydrogen-bond donors (Lipinski definition) is 2. The molecule has 40 heavy (non-hydrogen) atoms. The molecule has 0 radical (unpaired) electrons. The summed E-state index contributed by atoms with van der Waals surface area (Å²) in [5, 5.41) is 7.95. The van der Waals surface area contributed by atoms with Gasteiger partial charge in [-0.15, -0.1) is 0 Å². The number of likely N-dealkylation sites (tertiary alicyclic amines) is 1. The molecular weight excluding hydrogens is 520 g/mol. The monoisotopic (exact) mass is 549 g/mol. The second-order valence-corrected chi connectivity index (χ2v) is 10.6. The molecule has 2 amide bonds. The minimum atomic E-state index is -1.06. The van der Waals surface area contributed by atoms with Crippen molar-refractivity contribution in [3.63, 3.8) is 0 Å². The minimum absolute atomic E-state index is 0.119. The summed E-state index contributed by atoms with van der Waals surface area (Å²) >= 11 is 0. The molecule has 1 atom stereocenters. The van der Waals surface area contributed by atoms with E-state index in [1.165, 1.54) is 12.4 Å². The second-order valence-electron chi connectivity index (χ2n) is 10.6. The van der Waals surface area contributed by atoms with E-state index in [2.05, 4.69) is 15.3 Å². The largest absolute Gasteiger partial charge is 0.444 e. The summed E-state index contributed by atoms with van der Waals surface area (Å²) in [5.74, 6) is -2.36. The quantitative estimate of drug-likeness (QED) is 0.359. The van der Waals surface area contributed by atoms with E-state index in [9.17, 15) is 18.4 Å². The lowest BCUT2D eigenvalue weighted by molar-refractivity contribution is 0.0169. The summed E-state index contributed by atoms with van der Waals surface area (Å²) in [6.07, 6.45) is 2.49. The summed E-state index contributed by atoms with van der Waals surface area (Å²) in [6.45, 7) is 6.43. The van der Waals surface area contributed by atoms with Crippen LogP contribution in [-0.2, 0) is 4.74 Å². The number of benzene rings is 2. The van der Waals surface area contributed by atoms with Crippen LogP contribution in [-0.4, -0.2) is 55.3 Å². The van der Waals surface area contributed by atoms with Crippen molar-refractivity contribution in [2.24, 2.45) is 0 Å². The van der Waals surface area contributed by atoms with Crippen molar-refractivity contribution >= 4 is 34.5 Å². The molecule has 4 aromatic rings. The standard InChI is InChI=1S/C28H29F2N7O3/c1-28(2,3)40-27(39)36-11-5-8-19(14-36)37-25-22(24(31)32-15-33-25)23(35-37)16-6-4-7-17(12-16)26(38)34-18-9-10-20(29)21(30)13-18/h4,6-7,9-10,12-13,15,19H,5,8,11,14H2,1-3H3,(H,34,38)(H2,31,32,33)/t19-/m1/s1. The average molecular weight is 550 g/mol. The SMILES string of the molecule is CC(C)(C)OC(=O)N1CCC[C@@H](n2nc(-c3cccc(C(=O)Nc4ccc(F)c(F)c4)c3)c3c(N)ncnc32)C1. The predicted molar refractivity (Wildman–Crippen MR) is 146 cm³/mol. The Balaban J connectivity index is 1.47. The highest BCUT2D eigenvalue weighted by atomic mass is 19.2. The zero-order valence-corrected chi connectivity index (χ0v) is 22.3. The number of nitrogens with one attached hydrogen (secondary N) is 1. The molecule has 0 unspecified atom stereocenters. The van der Waals surface area contributed by atoms with Gasteiger partial charge in [0.25, 0.3) is 5.91 Å². The van der Waals surface area contributed by atoms with Gasteiger partial charge in [-0.05, 0) is 57.9 Å². The molecular formula is C28H29F2N7O3. The molecule has 12 heteroatoms. The average Bonchev–Trinajstić information content (AvgIpc) is 3.31. The summed E-state index contributed by atoms with van der Waals surface area (Å²) in [6, 6.07) is 9.63. The Kier molecular flexibility index (Phi) is 7.09. The summed E-state index contributed by atoms with van der Waals surface area (Å²) in [4.78, 5) is 35.9. The fourth-order valence-electron chi connectivity index (χ4n) is 4.68. The maximum absolute atomic E-state index is 13.6. The van der Waals surface area contributed by atoms with E-state index in [4.69, 9.17) is 15.6 Å². The number of aromatic nitrogens is 4. The molecule has 0 spiro atoms. The van der Waals surface area contributed by atoms with Gasteiger partial charge in [-0.2, -0.15) is 5.10 Å². The first kappa shape index (κ1) is 27.0. The second kappa shape index (κ2) is 10.5. The van der Waals surface area contributed by atoms with Gasteiger partial charge in [0.15, 0.2) is 17.3 Å². The van der Waals surface area contributed by atoms with Gasteiger partial charge in [-0.25, -0.2) is 28.2 Å². The summed E-state index contributed by atoms with van der Waals surface area (Å²) in [7, 11) is 0. The molecule has 3 heterocycles. The lowest BCUT2D eigenvalue weighted by atomic mass is 10.1. The van der Waals surface area contributed by atoms with Gasteiger partial charge >= 0.3 is 6.09 Å². The third kappa shape index (κ3) is 5.56. The zero-order valence-electron chi connectivity index (χ0n) is 22.3. The number of anilines is 2. The van der Waals surface area contributed by atoms with Crippen molar-refractivity contribution in [2.45, 2.75) is 45.3 Å². The lowest BCUT2D eigenvalue weighted by Gasteiger charge is -2.34. The Morgan fingerprint density at radius 3 is 2.65 bits per heavy atom. The summed E-state index contributed by atoms with van der Waals surface area (Å²) in [5.41, 5.74) is 7.63. The first-order valence-corrected chi connectivity index (χ1v) is 12.8. The van der Waals surface area contributed by atoms with E-state index in [0.717, 1.165) is 25.0 Å². The lowest BCUT2D eigenvalue weighted by Crippen LogP contribution is -2.43. The van der Waals surface area contributed by atoms with Crippen molar-refractivity contribution in [1.82, 2.24) is 24.6 Å². The fraction of sp³-hybridized carbons (Fsp3) is 0.321. The van der Waals surface area contributed by atoms with E-state index < -0.39 is 23.1 Å². The Morgan fingerprint density at radius 1 is 1.10 bits per heavy atom. The number of halogens is 2. The fourth-order valence-corrected chi connectivity index (χ4v) is 4.68. The van der Waals surface area contributed by atoms with Gasteiger partial charge in [0.2, 0.25) is 0 Å². The number of piperidine rings is 1. The number of amides is 2. The van der Waals surface area contributed by atoms with Crippen LogP contribution >= 0.6 is 0 Å². The highest BCUT2D eigenvalue weighted by molar-refractivity contribution is 6.06. The van der Waals surface area contributed by atoms with E-state index >= 15 is 0 Å². The molecule has 1 aliphatic rings. The topological polar surface area (TPSA) is 128 Å². The Morgan fingerprint density at radius 2 is 1.90 bits per heavy atom. The highest BCUT2D eigenvalue weighted by Crippen LogP contribution is 2.34. The van der Waals surface area contributed by atoms with Crippen LogP contribution < -0.4 is 11.1 Å². The van der Waals surface area contributed by atoms with E-state index in [-0.39, 0.29) is 29.2 Å². The van der Waals surface area contributed by atoms with Gasteiger partial charge in [0.1, 0.15) is 23.4 Å². The van der Waals surface area contributed by atoms with Gasteiger partial charge in [0.05, 0.1) is 11.4 Å². The number of carbonyl (C=O) groups is 2. The smallest absolute Gasteiger partial charge is 0.410 e. The Labute approximate surface area is 229 Å². The first-order valence-electron chi connectivity index (χ1n) is 12.8. The molecule has 3 N–H and O–H groups in total. The number of hydrogen-bond acceptors (Lipinski definition) is 7. The van der Waals surface area contributed by atoms with Crippen LogP contribution in [0.3, 0.4) is 0 Å². The maximum Gasteiger partial charge on any atom is 0.410 e. The molecule has 0 aliphatic carbocycles. The van der Waals surface area contributed by atoms with Crippen molar-refractivity contribution in [3.05, 3.63) is 66.0 Å². The molecule has 2 aromatic heterocycles. The molecule has 208 valence electrons. The van der Waals surface area contributed by atoms with Crippen LogP contribution in [0.2, 0.25) is 0 Å². The first-order chi connectivity index (χ1) is 19.0. The number of nitrogen functional groups attached to an aromatic ring is 1.